The normalized spacial score (nSPS) is 10.4. The Balaban J connectivity index is 2.41. The maximum Gasteiger partial charge on any atom is 0.335 e. The number of ether oxygens (including phenoxy) is 2. The first kappa shape index (κ1) is 15.1. The number of carboxylic acid groups (broad SMARTS) is 1. The lowest BCUT2D eigenvalue weighted by atomic mass is 9.97. The van der Waals surface area contributed by atoms with Gasteiger partial charge in [0.25, 0.3) is 0 Å². The summed E-state index contributed by atoms with van der Waals surface area (Å²) in [6, 6.07) is 12.7. The van der Waals surface area contributed by atoms with Crippen molar-refractivity contribution in [3.63, 3.8) is 0 Å². The minimum atomic E-state index is -0.936. The van der Waals surface area contributed by atoms with Crippen molar-refractivity contribution >= 4 is 5.97 Å². The van der Waals surface area contributed by atoms with Crippen LogP contribution in [0.3, 0.4) is 0 Å². The first-order chi connectivity index (χ1) is 10.1. The third kappa shape index (κ3) is 3.61. The maximum atomic E-state index is 11.1. The molecule has 21 heavy (non-hydrogen) atoms. The minimum absolute atomic E-state index is 0.266. The lowest BCUT2D eigenvalue weighted by Gasteiger charge is -2.13. The van der Waals surface area contributed by atoms with E-state index < -0.39 is 5.97 Å². The van der Waals surface area contributed by atoms with E-state index in [9.17, 15) is 4.79 Å². The molecule has 0 heterocycles. The van der Waals surface area contributed by atoms with Crippen molar-refractivity contribution in [3.05, 3.63) is 53.6 Å². The first-order valence-electron chi connectivity index (χ1n) is 6.68. The molecule has 1 N–H and O–H groups in total. The summed E-state index contributed by atoms with van der Waals surface area (Å²) in [6.07, 6.45) is 0. The van der Waals surface area contributed by atoms with Crippen LogP contribution in [-0.2, 0) is 4.74 Å². The van der Waals surface area contributed by atoms with Gasteiger partial charge in [0.1, 0.15) is 12.4 Å². The second kappa shape index (κ2) is 6.90. The van der Waals surface area contributed by atoms with Gasteiger partial charge in [-0.1, -0.05) is 24.3 Å². The molecule has 2 aromatic rings. The summed E-state index contributed by atoms with van der Waals surface area (Å²) >= 11 is 0. The molecule has 2 rings (SSSR count). The zero-order valence-corrected chi connectivity index (χ0v) is 12.1. The smallest absolute Gasteiger partial charge is 0.335 e. The molecule has 0 unspecified atom stereocenters. The number of carboxylic acids is 1. The van der Waals surface area contributed by atoms with Crippen LogP contribution in [0, 0.1) is 6.92 Å². The molecule has 4 nitrogen and oxygen atoms in total. The van der Waals surface area contributed by atoms with Crippen LogP contribution in [0.5, 0.6) is 5.75 Å². The summed E-state index contributed by atoms with van der Waals surface area (Å²) in [5.41, 5.74) is 3.02. The number of rotatable bonds is 6. The molecule has 0 aromatic heterocycles. The predicted molar refractivity (Wildman–Crippen MR) is 80.9 cm³/mol. The number of hydrogen-bond donors (Lipinski definition) is 1. The van der Waals surface area contributed by atoms with Crippen LogP contribution in [0.1, 0.15) is 15.9 Å². The lowest BCUT2D eigenvalue weighted by Crippen LogP contribution is -2.05. The summed E-state index contributed by atoms with van der Waals surface area (Å²) in [5.74, 6) is -0.214. The van der Waals surface area contributed by atoms with Gasteiger partial charge in [0.2, 0.25) is 0 Å². The molecule has 110 valence electrons. The van der Waals surface area contributed by atoms with Crippen LogP contribution >= 0.6 is 0 Å². The Morgan fingerprint density at radius 1 is 1.10 bits per heavy atom. The summed E-state index contributed by atoms with van der Waals surface area (Å²) in [4.78, 5) is 11.1. The zero-order valence-electron chi connectivity index (χ0n) is 12.1. The van der Waals surface area contributed by atoms with Crippen LogP contribution in [0.4, 0.5) is 0 Å². The summed E-state index contributed by atoms with van der Waals surface area (Å²) in [5, 5.41) is 9.14. The molecule has 0 saturated heterocycles. The maximum absolute atomic E-state index is 11.1. The van der Waals surface area contributed by atoms with Gasteiger partial charge in [-0.25, -0.2) is 4.79 Å². The molecule has 0 spiro atoms. The quantitative estimate of drug-likeness (QED) is 0.827. The van der Waals surface area contributed by atoms with Crippen molar-refractivity contribution < 1.29 is 19.4 Å². The Bertz CT molecular complexity index is 634. The average molecular weight is 286 g/mol. The third-order valence-corrected chi connectivity index (χ3v) is 3.21. The van der Waals surface area contributed by atoms with Crippen molar-refractivity contribution in [3.8, 4) is 16.9 Å². The van der Waals surface area contributed by atoms with E-state index in [1.807, 2.05) is 37.3 Å². The highest BCUT2D eigenvalue weighted by molar-refractivity contribution is 5.90. The van der Waals surface area contributed by atoms with Gasteiger partial charge in [-0.3, -0.25) is 0 Å². The van der Waals surface area contributed by atoms with Gasteiger partial charge in [0, 0.05) is 12.7 Å². The summed E-state index contributed by atoms with van der Waals surface area (Å²) in [7, 11) is 1.62. The minimum Gasteiger partial charge on any atom is -0.491 e. The number of para-hydroxylation sites is 1. The molecule has 2 aromatic carbocycles. The van der Waals surface area contributed by atoms with Crippen molar-refractivity contribution in [2.75, 3.05) is 20.3 Å². The fourth-order valence-electron chi connectivity index (χ4n) is 2.10. The molecule has 0 bridgehead atoms. The van der Waals surface area contributed by atoms with Crippen molar-refractivity contribution in [2.45, 2.75) is 6.92 Å². The second-order valence-corrected chi connectivity index (χ2v) is 4.67. The molecule has 4 heteroatoms. The van der Waals surface area contributed by atoms with Crippen LogP contribution in [0.25, 0.3) is 11.1 Å². The fraction of sp³-hybridized carbons (Fsp3) is 0.235. The highest BCUT2D eigenvalue weighted by Gasteiger charge is 2.11. The van der Waals surface area contributed by atoms with Gasteiger partial charge in [-0.15, -0.1) is 0 Å². The van der Waals surface area contributed by atoms with Gasteiger partial charge in [-0.2, -0.15) is 0 Å². The highest BCUT2D eigenvalue weighted by Crippen LogP contribution is 2.32. The van der Waals surface area contributed by atoms with E-state index in [2.05, 4.69) is 0 Å². The Labute approximate surface area is 123 Å². The van der Waals surface area contributed by atoms with E-state index in [4.69, 9.17) is 14.6 Å². The van der Waals surface area contributed by atoms with E-state index in [0.717, 1.165) is 22.4 Å². The van der Waals surface area contributed by atoms with Gasteiger partial charge in [0.05, 0.1) is 12.2 Å². The lowest BCUT2D eigenvalue weighted by molar-refractivity contribution is 0.0697. The summed E-state index contributed by atoms with van der Waals surface area (Å²) in [6.45, 7) is 2.90. The zero-order chi connectivity index (χ0) is 15.2. The predicted octanol–water partition coefficient (Wildman–Crippen LogP) is 3.39. The Morgan fingerprint density at radius 2 is 1.86 bits per heavy atom. The van der Waals surface area contributed by atoms with Crippen LogP contribution in [-0.4, -0.2) is 31.4 Å². The fourth-order valence-corrected chi connectivity index (χ4v) is 2.10. The second-order valence-electron chi connectivity index (χ2n) is 4.67. The first-order valence-corrected chi connectivity index (χ1v) is 6.68. The molecule has 0 amide bonds. The highest BCUT2D eigenvalue weighted by atomic mass is 16.5. The largest absolute Gasteiger partial charge is 0.491 e. The monoisotopic (exact) mass is 286 g/mol. The number of aryl methyl sites for hydroxylation is 1. The Hall–Kier alpha value is -2.33. The van der Waals surface area contributed by atoms with Gasteiger partial charge in [-0.05, 0) is 36.2 Å². The molecule has 0 saturated carbocycles. The van der Waals surface area contributed by atoms with E-state index in [1.165, 1.54) is 0 Å². The number of methoxy groups -OCH3 is 1. The van der Waals surface area contributed by atoms with E-state index in [0.29, 0.717) is 13.2 Å². The van der Waals surface area contributed by atoms with E-state index in [1.54, 1.807) is 19.2 Å². The molecule has 0 radical (unpaired) electrons. The van der Waals surface area contributed by atoms with Gasteiger partial charge in [0.15, 0.2) is 0 Å². The summed E-state index contributed by atoms with van der Waals surface area (Å²) < 4.78 is 10.7. The third-order valence-electron chi connectivity index (χ3n) is 3.21. The van der Waals surface area contributed by atoms with Crippen LogP contribution in [0.15, 0.2) is 42.5 Å². The number of aromatic carboxylic acids is 1. The SMILES string of the molecule is COCCOc1ccccc1-c1cc(C(=O)O)ccc1C. The molecular formula is C17H18O4. The van der Waals surface area contributed by atoms with E-state index in [-0.39, 0.29) is 5.56 Å². The van der Waals surface area contributed by atoms with Crippen LogP contribution in [0.2, 0.25) is 0 Å². The molecule has 0 atom stereocenters. The topological polar surface area (TPSA) is 55.8 Å². The number of benzene rings is 2. The van der Waals surface area contributed by atoms with Gasteiger partial charge < -0.3 is 14.6 Å². The molecule has 0 fully saturated rings. The number of carbonyl (C=O) groups is 1. The molecular weight excluding hydrogens is 268 g/mol. The van der Waals surface area contributed by atoms with Gasteiger partial charge >= 0.3 is 5.97 Å². The molecule has 0 aliphatic rings. The van der Waals surface area contributed by atoms with Crippen molar-refractivity contribution in [1.29, 1.82) is 0 Å². The molecule has 0 aliphatic heterocycles. The van der Waals surface area contributed by atoms with Crippen LogP contribution < -0.4 is 4.74 Å². The molecule has 0 aliphatic carbocycles. The van der Waals surface area contributed by atoms with E-state index >= 15 is 0 Å². The standard InChI is InChI=1S/C17H18O4/c1-12-7-8-13(17(18)19)11-15(12)14-5-3-4-6-16(14)21-10-9-20-2/h3-8,11H,9-10H2,1-2H3,(H,18,19). The number of hydrogen-bond acceptors (Lipinski definition) is 3. The van der Waals surface area contributed by atoms with Crippen molar-refractivity contribution in [2.24, 2.45) is 0 Å². The van der Waals surface area contributed by atoms with Crippen molar-refractivity contribution in [1.82, 2.24) is 0 Å². The Kier molecular flexibility index (Phi) is 4.95. The Morgan fingerprint density at radius 3 is 2.57 bits per heavy atom. The average Bonchev–Trinajstić information content (AvgIpc) is 2.48.